The summed E-state index contributed by atoms with van der Waals surface area (Å²) in [6.07, 6.45) is 2.55. The number of anilines is 1. The van der Waals surface area contributed by atoms with E-state index in [1.807, 2.05) is 74.5 Å². The number of aryl methyl sites for hydroxylation is 1. The molecule has 0 atom stereocenters. The lowest BCUT2D eigenvalue weighted by molar-refractivity contribution is -0.119. The highest BCUT2D eigenvalue weighted by molar-refractivity contribution is 7.92. The van der Waals surface area contributed by atoms with E-state index in [9.17, 15) is 13.2 Å². The monoisotopic (exact) mass is 465 g/mol. The number of carbonyl (C=O) groups excluding carboxylic acids is 1. The van der Waals surface area contributed by atoms with E-state index >= 15 is 0 Å². The van der Waals surface area contributed by atoms with Crippen molar-refractivity contribution in [3.05, 3.63) is 95.1 Å². The molecule has 3 aromatic carbocycles. The SMILES string of the molecule is Cc1cccc(N(CC(=O)NN=Cc2ccccc2OCc2ccccc2)S(C)(=O)=O)c1C. The van der Waals surface area contributed by atoms with Crippen LogP contribution in [-0.2, 0) is 21.4 Å². The lowest BCUT2D eigenvalue weighted by Crippen LogP contribution is -2.39. The fourth-order valence-corrected chi connectivity index (χ4v) is 4.09. The van der Waals surface area contributed by atoms with Crippen molar-refractivity contribution in [3.63, 3.8) is 0 Å². The van der Waals surface area contributed by atoms with E-state index < -0.39 is 15.9 Å². The van der Waals surface area contributed by atoms with Crippen LogP contribution in [-0.4, -0.2) is 33.3 Å². The molecule has 33 heavy (non-hydrogen) atoms. The van der Waals surface area contributed by atoms with Crippen molar-refractivity contribution in [3.8, 4) is 5.75 Å². The van der Waals surface area contributed by atoms with Crippen LogP contribution >= 0.6 is 0 Å². The lowest BCUT2D eigenvalue weighted by Gasteiger charge is -2.23. The van der Waals surface area contributed by atoms with Crippen LogP contribution in [0.4, 0.5) is 5.69 Å². The molecule has 0 aliphatic rings. The molecular weight excluding hydrogens is 438 g/mol. The Hall–Kier alpha value is -3.65. The Morgan fingerprint density at radius 1 is 1.00 bits per heavy atom. The first-order chi connectivity index (χ1) is 15.8. The van der Waals surface area contributed by atoms with Gasteiger partial charge >= 0.3 is 0 Å². The molecule has 0 saturated carbocycles. The third kappa shape index (κ3) is 6.66. The summed E-state index contributed by atoms with van der Waals surface area (Å²) in [5, 5.41) is 4.00. The zero-order chi connectivity index (χ0) is 23.8. The van der Waals surface area contributed by atoms with Gasteiger partial charge in [0.25, 0.3) is 5.91 Å². The Balaban J connectivity index is 1.67. The number of benzene rings is 3. The fourth-order valence-electron chi connectivity index (χ4n) is 3.18. The molecule has 0 bridgehead atoms. The molecule has 0 heterocycles. The molecule has 172 valence electrons. The molecule has 8 heteroatoms. The highest BCUT2D eigenvalue weighted by atomic mass is 32.2. The van der Waals surface area contributed by atoms with Gasteiger partial charge in [0.1, 0.15) is 18.9 Å². The standard InChI is InChI=1S/C25H27N3O4S/c1-19-10-9-14-23(20(19)2)28(33(3,30)31)17-25(29)27-26-16-22-13-7-8-15-24(22)32-18-21-11-5-4-6-12-21/h4-16H,17-18H2,1-3H3,(H,27,29). The average molecular weight is 466 g/mol. The first-order valence-electron chi connectivity index (χ1n) is 10.4. The zero-order valence-corrected chi connectivity index (χ0v) is 19.7. The molecule has 3 aromatic rings. The van der Waals surface area contributed by atoms with Gasteiger partial charge in [-0.05, 0) is 48.7 Å². The number of hydrogen-bond donors (Lipinski definition) is 1. The number of carbonyl (C=O) groups is 1. The number of hydrazone groups is 1. The zero-order valence-electron chi connectivity index (χ0n) is 18.9. The maximum atomic E-state index is 12.5. The topological polar surface area (TPSA) is 88.1 Å². The van der Waals surface area contributed by atoms with Crippen LogP contribution in [0.3, 0.4) is 0 Å². The quantitative estimate of drug-likeness (QED) is 0.385. The maximum Gasteiger partial charge on any atom is 0.260 e. The molecular formula is C25H27N3O4S. The first kappa shape index (κ1) is 24.0. The number of nitrogens with one attached hydrogen (secondary N) is 1. The number of hydrogen-bond acceptors (Lipinski definition) is 5. The summed E-state index contributed by atoms with van der Waals surface area (Å²) in [4.78, 5) is 12.5. The minimum Gasteiger partial charge on any atom is -0.488 e. The van der Waals surface area contributed by atoms with Crippen molar-refractivity contribution >= 4 is 27.8 Å². The number of amides is 1. The van der Waals surface area contributed by atoms with E-state index in [1.54, 1.807) is 12.1 Å². The third-order valence-corrected chi connectivity index (χ3v) is 6.21. The summed E-state index contributed by atoms with van der Waals surface area (Å²) in [5.74, 6) is 0.0627. The molecule has 0 fully saturated rings. The van der Waals surface area contributed by atoms with E-state index in [0.29, 0.717) is 23.6 Å². The van der Waals surface area contributed by atoms with Gasteiger partial charge in [-0.2, -0.15) is 5.10 Å². The van der Waals surface area contributed by atoms with Crippen molar-refractivity contribution in [2.75, 3.05) is 17.1 Å². The third-order valence-electron chi connectivity index (χ3n) is 5.08. The first-order valence-corrected chi connectivity index (χ1v) is 12.2. The Bertz CT molecular complexity index is 1240. The second-order valence-corrected chi connectivity index (χ2v) is 9.50. The van der Waals surface area contributed by atoms with Crippen LogP contribution in [0, 0.1) is 13.8 Å². The van der Waals surface area contributed by atoms with Gasteiger partial charge < -0.3 is 4.74 Å². The summed E-state index contributed by atoms with van der Waals surface area (Å²) in [6, 6.07) is 22.4. The van der Waals surface area contributed by atoms with Gasteiger partial charge in [-0.3, -0.25) is 9.10 Å². The van der Waals surface area contributed by atoms with E-state index in [1.165, 1.54) is 6.21 Å². The lowest BCUT2D eigenvalue weighted by atomic mass is 10.1. The minimum atomic E-state index is -3.67. The average Bonchev–Trinajstić information content (AvgIpc) is 2.79. The van der Waals surface area contributed by atoms with Gasteiger partial charge in [-0.1, -0.05) is 54.6 Å². The van der Waals surface area contributed by atoms with E-state index in [2.05, 4.69) is 10.5 Å². The Labute approximate surface area is 194 Å². The number of ether oxygens (including phenoxy) is 1. The molecule has 0 aromatic heterocycles. The van der Waals surface area contributed by atoms with E-state index in [4.69, 9.17) is 4.74 Å². The van der Waals surface area contributed by atoms with Gasteiger partial charge in [0.15, 0.2) is 0 Å². The molecule has 7 nitrogen and oxygen atoms in total. The van der Waals surface area contributed by atoms with Crippen molar-refractivity contribution in [2.45, 2.75) is 20.5 Å². The van der Waals surface area contributed by atoms with Crippen LogP contribution in [0.25, 0.3) is 0 Å². The normalized spacial score (nSPS) is 11.4. The summed E-state index contributed by atoms with van der Waals surface area (Å²) in [5.41, 5.74) is 6.32. The molecule has 3 rings (SSSR count). The second kappa shape index (κ2) is 10.8. The largest absolute Gasteiger partial charge is 0.488 e. The van der Waals surface area contributed by atoms with Crippen molar-refractivity contribution < 1.29 is 17.9 Å². The molecule has 0 aliphatic heterocycles. The van der Waals surface area contributed by atoms with Crippen molar-refractivity contribution in [2.24, 2.45) is 5.10 Å². The van der Waals surface area contributed by atoms with Gasteiger partial charge in [0.2, 0.25) is 10.0 Å². The highest BCUT2D eigenvalue weighted by Gasteiger charge is 2.22. The smallest absolute Gasteiger partial charge is 0.260 e. The molecule has 0 aliphatic carbocycles. The Morgan fingerprint density at radius 2 is 1.70 bits per heavy atom. The maximum absolute atomic E-state index is 12.5. The summed E-state index contributed by atoms with van der Waals surface area (Å²) in [6.45, 7) is 3.73. The van der Waals surface area contributed by atoms with Gasteiger partial charge in [0, 0.05) is 5.56 Å². The van der Waals surface area contributed by atoms with Crippen LogP contribution in [0.1, 0.15) is 22.3 Å². The minimum absolute atomic E-state index is 0.382. The summed E-state index contributed by atoms with van der Waals surface area (Å²) in [7, 11) is -3.67. The number of sulfonamides is 1. The summed E-state index contributed by atoms with van der Waals surface area (Å²) >= 11 is 0. The molecule has 0 unspecified atom stereocenters. The van der Waals surface area contributed by atoms with Crippen LogP contribution in [0.5, 0.6) is 5.75 Å². The second-order valence-electron chi connectivity index (χ2n) is 7.59. The van der Waals surface area contributed by atoms with Gasteiger partial charge in [-0.25, -0.2) is 13.8 Å². The molecule has 1 amide bonds. The van der Waals surface area contributed by atoms with Gasteiger partial charge in [-0.15, -0.1) is 0 Å². The molecule has 0 radical (unpaired) electrons. The van der Waals surface area contributed by atoms with E-state index in [0.717, 1.165) is 27.3 Å². The molecule has 0 saturated heterocycles. The van der Waals surface area contributed by atoms with Gasteiger partial charge in [0.05, 0.1) is 18.2 Å². The summed E-state index contributed by atoms with van der Waals surface area (Å²) < 4.78 is 31.7. The van der Waals surface area contributed by atoms with Crippen molar-refractivity contribution in [1.82, 2.24) is 5.43 Å². The predicted octanol–water partition coefficient (Wildman–Crippen LogP) is 3.80. The number of rotatable bonds is 9. The Kier molecular flexibility index (Phi) is 7.84. The van der Waals surface area contributed by atoms with Crippen LogP contribution < -0.4 is 14.5 Å². The fraction of sp³-hybridized carbons (Fsp3) is 0.200. The van der Waals surface area contributed by atoms with Crippen molar-refractivity contribution in [1.29, 1.82) is 0 Å². The molecule has 0 spiro atoms. The highest BCUT2D eigenvalue weighted by Crippen LogP contribution is 2.24. The predicted molar refractivity (Wildman–Crippen MR) is 131 cm³/mol. The Morgan fingerprint density at radius 3 is 2.42 bits per heavy atom. The molecule has 1 N–H and O–H groups in total. The number of nitrogens with zero attached hydrogens (tertiary/aromatic N) is 2. The van der Waals surface area contributed by atoms with Crippen LogP contribution in [0.15, 0.2) is 77.9 Å². The number of para-hydroxylation sites is 1. The van der Waals surface area contributed by atoms with E-state index in [-0.39, 0.29) is 6.54 Å². The van der Waals surface area contributed by atoms with Crippen LogP contribution in [0.2, 0.25) is 0 Å².